The predicted octanol–water partition coefficient (Wildman–Crippen LogP) is 35.2. The molecule has 0 aliphatic heterocycles. The van der Waals surface area contributed by atoms with Crippen LogP contribution in [0.25, 0.3) is 276 Å². The van der Waals surface area contributed by atoms with Gasteiger partial charge in [-0.2, -0.15) is 0 Å². The molecule has 0 amide bonds. The van der Waals surface area contributed by atoms with Crippen LogP contribution in [0.3, 0.4) is 0 Å². The lowest BCUT2D eigenvalue weighted by molar-refractivity contribution is 1.08. The van der Waals surface area contributed by atoms with Gasteiger partial charge in [0.2, 0.25) is 0 Å². The summed E-state index contributed by atoms with van der Waals surface area (Å²) in [6.07, 6.45) is 0. The van der Waals surface area contributed by atoms with Crippen LogP contribution in [0.15, 0.2) is 534 Å². The summed E-state index contributed by atoms with van der Waals surface area (Å²) in [4.78, 5) is 21.3. The molecule has 12 heterocycles. The van der Waals surface area contributed by atoms with E-state index in [1.54, 1.807) is 0 Å². The molecule has 0 atom stereocenters. The van der Waals surface area contributed by atoms with E-state index in [1.165, 1.54) is 136 Å². The topological polar surface area (TPSA) is 91.0 Å². The number of pyridine rings is 4. The van der Waals surface area contributed by atoms with Gasteiger partial charge in [0.1, 0.15) is 23.3 Å². The Labute approximate surface area is 860 Å². The predicted molar refractivity (Wildman–Crippen MR) is 624 cm³/mol. The second-order valence-electron chi connectivity index (χ2n) is 38.7. The van der Waals surface area contributed by atoms with E-state index in [1.807, 2.05) is 6.07 Å². The van der Waals surface area contributed by atoms with Crippen LogP contribution < -0.4 is 0 Å². The van der Waals surface area contributed by atoms with E-state index in [9.17, 15) is 0 Å². The number of aromatic nitrogens is 12. The molecular weight excluding hydrogens is 1830 g/mol. The molecule has 0 bridgehead atoms. The first-order valence-corrected chi connectivity index (χ1v) is 51.1. The van der Waals surface area contributed by atoms with E-state index >= 15 is 0 Å². The van der Waals surface area contributed by atoms with Gasteiger partial charge in [-0.15, -0.1) is 0 Å². The Bertz CT molecular complexity index is 10700. The van der Waals surface area contributed by atoms with Crippen LogP contribution in [0.5, 0.6) is 0 Å². The van der Waals surface area contributed by atoms with Crippen molar-refractivity contribution in [3.05, 3.63) is 534 Å². The summed E-state index contributed by atoms with van der Waals surface area (Å²) in [5.41, 5.74) is 31.3. The molecule has 0 saturated carbocycles. The van der Waals surface area contributed by atoms with Gasteiger partial charge < -0.3 is 18.3 Å². The Hall–Kier alpha value is -20.3. The fourth-order valence-corrected chi connectivity index (χ4v) is 23.9. The first kappa shape index (κ1) is 85.3. The molecule has 0 aliphatic rings. The first-order valence-electron chi connectivity index (χ1n) is 51.1. The van der Waals surface area contributed by atoms with Gasteiger partial charge in [-0.1, -0.05) is 340 Å². The van der Waals surface area contributed by atoms with Gasteiger partial charge in [0, 0.05) is 131 Å². The average Bonchev–Trinajstić information content (AvgIpc) is 1.56. The van der Waals surface area contributed by atoms with Gasteiger partial charge in [-0.25, -0.2) is 19.9 Å². The average molecular weight is 1910 g/mol. The minimum absolute atomic E-state index is 0.867. The highest BCUT2D eigenvalue weighted by molar-refractivity contribution is 6.23. The largest absolute Gasteiger partial charge is 0.309 e. The normalized spacial score (nSPS) is 11.9. The van der Waals surface area contributed by atoms with E-state index < -0.39 is 0 Å². The Morgan fingerprint density at radius 1 is 0.113 bits per heavy atom. The summed E-state index contributed by atoms with van der Waals surface area (Å²) in [6, 6.07) is 190. The summed E-state index contributed by atoms with van der Waals surface area (Å²) < 4.78 is 18.8. The lowest BCUT2D eigenvalue weighted by atomic mass is 10.0. The minimum atomic E-state index is 0.867. The van der Waals surface area contributed by atoms with Crippen molar-refractivity contribution in [1.29, 1.82) is 0 Å². The number of benzene rings is 20. The molecule has 12 aromatic heterocycles. The van der Waals surface area contributed by atoms with Crippen molar-refractivity contribution >= 4 is 185 Å². The number of rotatable bonds is 12. The molecule has 0 N–H and O–H groups in total. The zero-order chi connectivity index (χ0) is 98.5. The highest BCUT2D eigenvalue weighted by Crippen LogP contribution is 2.47. The molecule has 0 radical (unpaired) electrons. The molecule has 32 rings (SSSR count). The molecule has 0 spiro atoms. The smallest absolute Gasteiger partial charge is 0.138 e. The molecule has 0 unspecified atom stereocenters. The third-order valence-electron chi connectivity index (χ3n) is 30.4. The lowest BCUT2D eigenvalue weighted by Gasteiger charge is -2.12. The first-order chi connectivity index (χ1) is 74.4. The monoisotopic (exact) mass is 1910 g/mol. The van der Waals surface area contributed by atoms with E-state index in [0.29, 0.717) is 0 Å². The van der Waals surface area contributed by atoms with Gasteiger partial charge in [-0.05, 0) is 205 Å². The second kappa shape index (κ2) is 34.7. The molecule has 150 heavy (non-hydrogen) atoms. The zero-order valence-corrected chi connectivity index (χ0v) is 81.2. The van der Waals surface area contributed by atoms with Crippen LogP contribution in [0.1, 0.15) is 0 Å². The fraction of sp³-hybridized carbons (Fsp3) is 0. The summed E-state index contributed by atoms with van der Waals surface area (Å²) in [5, 5.41) is 21.9. The third kappa shape index (κ3) is 13.7. The maximum absolute atomic E-state index is 5.46. The quantitative estimate of drug-likeness (QED) is 0.122. The number of nitrogens with zero attached hydrogens (tertiary/aromatic N) is 12. The van der Waals surface area contributed by atoms with E-state index in [4.69, 9.17) is 19.9 Å². The molecule has 12 heteroatoms. The summed E-state index contributed by atoms with van der Waals surface area (Å²) in [7, 11) is 0. The van der Waals surface area contributed by atoms with Crippen LogP contribution in [-0.4, -0.2) is 56.5 Å². The van der Waals surface area contributed by atoms with Gasteiger partial charge in [-0.3, -0.25) is 18.3 Å². The number of hydrogen-bond donors (Lipinski definition) is 0. The van der Waals surface area contributed by atoms with Crippen LogP contribution in [0.2, 0.25) is 0 Å². The van der Waals surface area contributed by atoms with Gasteiger partial charge in [0.25, 0.3) is 0 Å². The maximum atomic E-state index is 5.46. The molecule has 0 saturated heterocycles. The van der Waals surface area contributed by atoms with Crippen molar-refractivity contribution in [3.63, 3.8) is 0 Å². The van der Waals surface area contributed by atoms with Crippen molar-refractivity contribution in [3.8, 4) is 91.1 Å². The Kier molecular flexibility index (Phi) is 19.7. The molecular formula is C138H88N12. The second-order valence-corrected chi connectivity index (χ2v) is 38.7. The van der Waals surface area contributed by atoms with Crippen molar-refractivity contribution in [2.24, 2.45) is 0 Å². The lowest BCUT2D eigenvalue weighted by Crippen LogP contribution is -2.00. The van der Waals surface area contributed by atoms with E-state index in [-0.39, 0.29) is 0 Å². The van der Waals surface area contributed by atoms with Crippen molar-refractivity contribution in [2.75, 3.05) is 0 Å². The molecule has 0 aliphatic carbocycles. The number of fused-ring (bicyclic) bond motifs is 25. The Morgan fingerprint density at radius 2 is 0.313 bits per heavy atom. The number of hydrogen-bond acceptors (Lipinski definition) is 4. The zero-order valence-electron chi connectivity index (χ0n) is 81.2. The van der Waals surface area contributed by atoms with E-state index in [2.05, 4.69) is 564 Å². The molecule has 700 valence electrons. The van der Waals surface area contributed by atoms with Gasteiger partial charge in [0.15, 0.2) is 0 Å². The summed E-state index contributed by atoms with van der Waals surface area (Å²) in [6.45, 7) is 0. The Morgan fingerprint density at radius 3 is 0.627 bits per heavy atom. The molecule has 32 aromatic rings. The molecule has 20 aromatic carbocycles. The fourth-order valence-electron chi connectivity index (χ4n) is 23.9. The third-order valence-corrected chi connectivity index (χ3v) is 30.4. The SMILES string of the molecule is c1cc(-c2cccc(-n3c4ccccc4c4cc5c(cc43)c3ccccc3n5-c3cccc(-c4cccc(-n5c6ccccc6c6ccccc65)c4)n3)n2)cc(-n2c3ccccc3c3ccccc32)c1.c1ccc(-c2cccc(-n3c4ccccc4c4cc5c(cc43)c3ccccc3n5-c3ccccc3)n2)cc1.c1ccc(-n2c3ccccc3c3cc4c(cc32)c2ccccc2n4-c2cccc(-c3cccc4ccccc34)n2)cc1. The highest BCUT2D eigenvalue weighted by Gasteiger charge is 2.27. The number of para-hydroxylation sites is 12. The van der Waals surface area contributed by atoms with Crippen LogP contribution in [0.4, 0.5) is 0 Å². The van der Waals surface area contributed by atoms with Crippen molar-refractivity contribution in [1.82, 2.24) is 56.5 Å². The maximum Gasteiger partial charge on any atom is 0.138 e. The minimum Gasteiger partial charge on any atom is -0.309 e. The van der Waals surface area contributed by atoms with Crippen LogP contribution in [-0.2, 0) is 0 Å². The van der Waals surface area contributed by atoms with Gasteiger partial charge >= 0.3 is 0 Å². The van der Waals surface area contributed by atoms with Crippen LogP contribution in [0, 0.1) is 0 Å². The summed E-state index contributed by atoms with van der Waals surface area (Å²) >= 11 is 0. The van der Waals surface area contributed by atoms with Crippen molar-refractivity contribution in [2.45, 2.75) is 0 Å². The Balaban J connectivity index is 0.000000111. The van der Waals surface area contributed by atoms with Crippen LogP contribution >= 0.6 is 0 Å². The van der Waals surface area contributed by atoms with E-state index in [0.717, 1.165) is 140 Å². The standard InChI is InChI=1S/C64H40N6.C39H25N3.C35H23N3/c1-7-29-55-45(21-1)46-22-2-8-30-56(46)67(55)43-19-13-17-41(37-43)53-27-15-35-63(65-53)69-59-33-11-5-25-49(59)51-40-62-52(39-61(51)69)50-26-6-12-34-60(50)70(62)64-36-16-28-54(66-64)42-18-14-20-44(38-42)68-57-31-9-3-23-47(57)48-24-4-10-32-58(48)68;1-2-14-27(15-3-1)41-35-21-8-6-17-30(35)32-25-38-33(24-37(32)41)31-18-7-9-22-36(31)42(38)39-23-11-20-34(40-39)29-19-10-13-26-12-4-5-16-28(26)29;1-3-12-24(13-4-1)30-18-11-21-35(36-30)38-32-20-10-8-17-27(32)29-22-33-28(23-34(29)38)26-16-7-9-19-31(26)37(33)25-14-5-2-6-15-25/h1-40H;1-25H;1-23H. The van der Waals surface area contributed by atoms with Gasteiger partial charge in [0.05, 0.1) is 111 Å². The summed E-state index contributed by atoms with van der Waals surface area (Å²) in [5.74, 6) is 3.57. The molecule has 0 fully saturated rings. The van der Waals surface area contributed by atoms with Crippen molar-refractivity contribution < 1.29 is 0 Å². The molecule has 12 nitrogen and oxygen atoms in total. The highest BCUT2D eigenvalue weighted by atomic mass is 15.1.